The Kier molecular flexibility index (Phi) is 1.51. The Hall–Kier alpha value is -1.45. The number of carbonyl (C=O) groups is 1. The third-order valence-corrected chi connectivity index (χ3v) is 3.09. The van der Waals surface area contributed by atoms with E-state index < -0.39 is 17.0 Å². The van der Waals surface area contributed by atoms with Crippen molar-refractivity contribution in [3.63, 3.8) is 0 Å². The van der Waals surface area contributed by atoms with Gasteiger partial charge in [-0.15, -0.1) is 0 Å². The van der Waals surface area contributed by atoms with E-state index in [9.17, 15) is 13.6 Å². The van der Waals surface area contributed by atoms with E-state index in [-0.39, 0.29) is 23.7 Å². The van der Waals surface area contributed by atoms with Crippen LogP contribution in [0.5, 0.6) is 5.75 Å². The van der Waals surface area contributed by atoms with Gasteiger partial charge in [-0.1, -0.05) is 0 Å². The molecule has 1 aliphatic carbocycles. The number of ketones is 1. The molecular formula is C11H8F2O2. The van der Waals surface area contributed by atoms with E-state index in [2.05, 4.69) is 0 Å². The van der Waals surface area contributed by atoms with Crippen LogP contribution >= 0.6 is 0 Å². The molecule has 3 rings (SSSR count). The molecule has 0 amide bonds. The minimum atomic E-state index is -0.819. The van der Waals surface area contributed by atoms with Crippen LogP contribution in [0.15, 0.2) is 12.1 Å². The van der Waals surface area contributed by atoms with Crippen LogP contribution in [-0.2, 0) is 0 Å². The van der Waals surface area contributed by atoms with Gasteiger partial charge in [0.25, 0.3) is 0 Å². The molecular weight excluding hydrogens is 202 g/mol. The maximum Gasteiger partial charge on any atom is 0.179 e. The van der Waals surface area contributed by atoms with Crippen LogP contribution in [0.25, 0.3) is 0 Å². The highest BCUT2D eigenvalue weighted by Crippen LogP contribution is 2.52. The minimum Gasteiger partial charge on any atom is -0.492 e. The Bertz CT molecular complexity index is 464. The van der Waals surface area contributed by atoms with E-state index >= 15 is 0 Å². The van der Waals surface area contributed by atoms with E-state index in [0.717, 1.165) is 25.0 Å². The summed E-state index contributed by atoms with van der Waals surface area (Å²) in [4.78, 5) is 11.9. The predicted molar refractivity (Wildman–Crippen MR) is 47.9 cm³/mol. The van der Waals surface area contributed by atoms with Crippen LogP contribution in [0.1, 0.15) is 23.2 Å². The van der Waals surface area contributed by atoms with E-state index in [0.29, 0.717) is 0 Å². The summed E-state index contributed by atoms with van der Waals surface area (Å²) in [6.45, 7) is 0.252. The van der Waals surface area contributed by atoms with Crippen molar-refractivity contribution in [2.75, 3.05) is 6.61 Å². The first-order valence-corrected chi connectivity index (χ1v) is 4.79. The Morgan fingerprint density at radius 3 is 2.67 bits per heavy atom. The van der Waals surface area contributed by atoms with Crippen LogP contribution in [0.2, 0.25) is 0 Å². The van der Waals surface area contributed by atoms with Crippen molar-refractivity contribution in [2.45, 2.75) is 12.8 Å². The monoisotopic (exact) mass is 210 g/mol. The van der Waals surface area contributed by atoms with Gasteiger partial charge in [-0.2, -0.15) is 0 Å². The lowest BCUT2D eigenvalue weighted by Gasteiger charge is -2.23. The number of benzene rings is 1. The summed E-state index contributed by atoms with van der Waals surface area (Å²) in [5, 5.41) is 0. The van der Waals surface area contributed by atoms with Crippen molar-refractivity contribution >= 4 is 5.78 Å². The summed E-state index contributed by atoms with van der Waals surface area (Å²) in [6.07, 6.45) is 1.48. The number of fused-ring (bicyclic) bond motifs is 1. The summed E-state index contributed by atoms with van der Waals surface area (Å²) in [6, 6.07) is 1.78. The number of hydrogen-bond acceptors (Lipinski definition) is 2. The van der Waals surface area contributed by atoms with Gasteiger partial charge in [0, 0.05) is 12.1 Å². The number of carbonyl (C=O) groups excluding carboxylic acids is 1. The largest absolute Gasteiger partial charge is 0.492 e. The van der Waals surface area contributed by atoms with E-state index in [1.807, 2.05) is 0 Å². The van der Waals surface area contributed by atoms with Crippen molar-refractivity contribution in [1.82, 2.24) is 0 Å². The normalized spacial score (nSPS) is 21.1. The molecule has 15 heavy (non-hydrogen) atoms. The van der Waals surface area contributed by atoms with E-state index in [1.165, 1.54) is 0 Å². The van der Waals surface area contributed by atoms with Gasteiger partial charge in [-0.05, 0) is 12.8 Å². The molecule has 0 N–H and O–H groups in total. The fourth-order valence-electron chi connectivity index (χ4n) is 1.95. The molecule has 0 atom stereocenters. The fourth-order valence-corrected chi connectivity index (χ4v) is 1.95. The number of ether oxygens (including phenoxy) is 1. The molecule has 0 radical (unpaired) electrons. The van der Waals surface area contributed by atoms with Crippen LogP contribution in [-0.4, -0.2) is 12.4 Å². The predicted octanol–water partition coefficient (Wildman–Crippen LogP) is 2.32. The highest BCUT2D eigenvalue weighted by molar-refractivity contribution is 6.05. The Labute approximate surface area is 84.9 Å². The molecule has 0 bridgehead atoms. The number of Topliss-reactive ketones (excluding diaryl/α,β-unsaturated/α-hetero) is 1. The first-order chi connectivity index (χ1) is 7.12. The van der Waals surface area contributed by atoms with Gasteiger partial charge in [-0.3, -0.25) is 4.79 Å². The maximum absolute atomic E-state index is 13.4. The molecule has 1 aromatic rings. The van der Waals surface area contributed by atoms with Gasteiger partial charge < -0.3 is 4.74 Å². The molecule has 4 heteroatoms. The average molecular weight is 210 g/mol. The molecule has 1 aromatic carbocycles. The van der Waals surface area contributed by atoms with Crippen molar-refractivity contribution in [3.05, 3.63) is 29.3 Å². The summed E-state index contributed by atoms with van der Waals surface area (Å²) < 4.78 is 31.5. The quantitative estimate of drug-likeness (QED) is 0.656. The smallest absolute Gasteiger partial charge is 0.179 e. The first kappa shape index (κ1) is 8.83. The topological polar surface area (TPSA) is 26.3 Å². The van der Waals surface area contributed by atoms with Gasteiger partial charge in [0.1, 0.15) is 24.0 Å². The highest BCUT2D eigenvalue weighted by atomic mass is 19.1. The number of hydrogen-bond donors (Lipinski definition) is 0. The Morgan fingerprint density at radius 2 is 2.00 bits per heavy atom. The van der Waals surface area contributed by atoms with E-state index in [4.69, 9.17) is 4.74 Å². The third-order valence-electron chi connectivity index (χ3n) is 3.09. The molecule has 0 saturated heterocycles. The zero-order chi connectivity index (χ0) is 10.6. The zero-order valence-electron chi connectivity index (χ0n) is 7.85. The standard InChI is InChI=1S/C11H8F2O2/c12-6-3-7(13)9-8(4-6)15-5-11(1-2-11)10(9)14/h3-4H,1-2,5H2. The van der Waals surface area contributed by atoms with Gasteiger partial charge >= 0.3 is 0 Å². The second kappa shape index (κ2) is 2.56. The number of rotatable bonds is 0. The van der Waals surface area contributed by atoms with Gasteiger partial charge in [0.05, 0.1) is 11.0 Å². The van der Waals surface area contributed by atoms with Gasteiger partial charge in [-0.25, -0.2) is 8.78 Å². The third kappa shape index (κ3) is 1.11. The molecule has 1 aliphatic heterocycles. The molecule has 2 aliphatic rings. The summed E-state index contributed by atoms with van der Waals surface area (Å²) in [5.74, 6) is -1.73. The lowest BCUT2D eigenvalue weighted by atomic mass is 9.92. The molecule has 0 unspecified atom stereocenters. The molecule has 1 saturated carbocycles. The van der Waals surface area contributed by atoms with Crippen LogP contribution in [0.4, 0.5) is 8.78 Å². The van der Waals surface area contributed by atoms with Crippen molar-refractivity contribution < 1.29 is 18.3 Å². The molecule has 1 heterocycles. The zero-order valence-corrected chi connectivity index (χ0v) is 7.85. The molecule has 0 aromatic heterocycles. The summed E-state index contributed by atoms with van der Waals surface area (Å²) >= 11 is 0. The Balaban J connectivity index is 2.18. The van der Waals surface area contributed by atoms with Gasteiger partial charge in [0.2, 0.25) is 0 Å². The molecule has 1 fully saturated rings. The minimum absolute atomic E-state index is 0.0371. The van der Waals surface area contributed by atoms with Gasteiger partial charge in [0.15, 0.2) is 5.78 Å². The summed E-state index contributed by atoms with van der Waals surface area (Å²) in [7, 11) is 0. The molecule has 2 nitrogen and oxygen atoms in total. The average Bonchev–Trinajstić information content (AvgIpc) is 2.92. The Morgan fingerprint density at radius 1 is 1.27 bits per heavy atom. The second-order valence-electron chi connectivity index (χ2n) is 4.16. The highest BCUT2D eigenvalue weighted by Gasteiger charge is 2.54. The molecule has 78 valence electrons. The van der Waals surface area contributed by atoms with Crippen molar-refractivity contribution in [3.8, 4) is 5.75 Å². The lowest BCUT2D eigenvalue weighted by molar-refractivity contribution is 0.0791. The van der Waals surface area contributed by atoms with Crippen LogP contribution < -0.4 is 4.74 Å². The van der Waals surface area contributed by atoms with Crippen molar-refractivity contribution in [2.24, 2.45) is 5.41 Å². The fraction of sp³-hybridized carbons (Fsp3) is 0.364. The second-order valence-corrected chi connectivity index (χ2v) is 4.16. The van der Waals surface area contributed by atoms with Crippen LogP contribution in [0, 0.1) is 17.0 Å². The molecule has 1 spiro atoms. The summed E-state index contributed by atoms with van der Waals surface area (Å²) in [5.41, 5.74) is -0.591. The first-order valence-electron chi connectivity index (χ1n) is 4.79. The SMILES string of the molecule is O=C1c2c(F)cc(F)cc2OCC12CC2. The lowest BCUT2D eigenvalue weighted by Crippen LogP contribution is -2.30. The van der Waals surface area contributed by atoms with Crippen LogP contribution in [0.3, 0.4) is 0 Å². The maximum atomic E-state index is 13.4. The van der Waals surface area contributed by atoms with E-state index in [1.54, 1.807) is 0 Å². The number of halogens is 2. The van der Waals surface area contributed by atoms with Crippen molar-refractivity contribution in [1.29, 1.82) is 0 Å².